The highest BCUT2D eigenvalue weighted by atomic mass is 16.6. The van der Waals surface area contributed by atoms with Gasteiger partial charge in [-0.05, 0) is 104 Å². The summed E-state index contributed by atoms with van der Waals surface area (Å²) in [5.41, 5.74) is -0.716. The van der Waals surface area contributed by atoms with Crippen molar-refractivity contribution in [2.45, 2.75) is 117 Å². The highest BCUT2D eigenvalue weighted by Gasteiger charge is 2.77. The number of carbonyl (C=O) groups is 1. The monoisotopic (exact) mass is 518 g/mol. The summed E-state index contributed by atoms with van der Waals surface area (Å²) in [5, 5.41) is 34.3. The van der Waals surface area contributed by atoms with Crippen LogP contribution in [-0.2, 0) is 14.3 Å². The maximum Gasteiger partial charge on any atom is 0.311 e. The molecular weight excluding hydrogens is 468 g/mol. The van der Waals surface area contributed by atoms with Crippen LogP contribution in [-0.4, -0.2) is 53.0 Å². The van der Waals surface area contributed by atoms with Gasteiger partial charge in [0.05, 0.1) is 25.2 Å². The Hall–Kier alpha value is -0.690. The van der Waals surface area contributed by atoms with Crippen molar-refractivity contribution in [3.8, 4) is 0 Å². The summed E-state index contributed by atoms with van der Waals surface area (Å²) in [4.78, 5) is 12.9. The quantitative estimate of drug-likeness (QED) is 0.436. The van der Waals surface area contributed by atoms with E-state index in [1.807, 2.05) is 6.92 Å². The number of esters is 1. The van der Waals surface area contributed by atoms with Crippen LogP contribution in [0, 0.1) is 56.2 Å². The van der Waals surface area contributed by atoms with E-state index in [1.165, 1.54) is 7.11 Å². The molecule has 1 heterocycles. The van der Waals surface area contributed by atoms with Gasteiger partial charge in [0, 0.05) is 11.3 Å². The fourth-order valence-electron chi connectivity index (χ4n) is 12.1. The average Bonchev–Trinajstić information content (AvgIpc) is 3.05. The van der Waals surface area contributed by atoms with Gasteiger partial charge in [0.2, 0.25) is 0 Å². The number of rotatable bonds is 1. The second-order valence-electron chi connectivity index (χ2n) is 15.8. The van der Waals surface area contributed by atoms with Gasteiger partial charge in [0.1, 0.15) is 6.10 Å². The number of hydrogen-bond donors (Lipinski definition) is 3. The molecule has 0 aromatic rings. The summed E-state index contributed by atoms with van der Waals surface area (Å²) in [6, 6.07) is 0. The fraction of sp³-hybridized carbons (Fsp3) is 0.968. The molecule has 1 aliphatic heterocycles. The van der Waals surface area contributed by atoms with E-state index in [9.17, 15) is 20.1 Å². The molecule has 2 bridgehead atoms. The highest BCUT2D eigenvalue weighted by Crippen LogP contribution is 2.79. The Morgan fingerprint density at radius 1 is 0.838 bits per heavy atom. The Morgan fingerprint density at radius 3 is 2.11 bits per heavy atom. The SMILES string of the molecule is COC(=O)[C@]1(C)CC[C@]2(C)CC[C@]3(C)[C@H]4C[C@@H](O)[C@@]56CO[C@@](O)([C@H](O)C[C@H]5[C@]4(C)CC[C@@]3(C)[C@@H]2C1)[C@@H]6C. The Morgan fingerprint density at radius 2 is 1.43 bits per heavy atom. The molecule has 6 rings (SSSR count). The third kappa shape index (κ3) is 2.85. The van der Waals surface area contributed by atoms with Crippen LogP contribution in [0.2, 0.25) is 0 Å². The molecule has 6 aliphatic rings. The van der Waals surface area contributed by atoms with Crippen molar-refractivity contribution in [3.05, 3.63) is 0 Å². The Balaban J connectivity index is 1.41. The van der Waals surface area contributed by atoms with Crippen LogP contribution in [0.4, 0.5) is 0 Å². The number of aliphatic hydroxyl groups excluding tert-OH is 2. The van der Waals surface area contributed by atoms with Crippen LogP contribution in [0.15, 0.2) is 0 Å². The molecule has 6 nitrogen and oxygen atoms in total. The molecule has 0 aromatic carbocycles. The first-order valence-electron chi connectivity index (χ1n) is 14.9. The van der Waals surface area contributed by atoms with Gasteiger partial charge < -0.3 is 24.8 Å². The summed E-state index contributed by atoms with van der Waals surface area (Å²) in [7, 11) is 1.52. The lowest BCUT2D eigenvalue weighted by molar-refractivity contribution is -0.305. The minimum Gasteiger partial charge on any atom is -0.469 e. The van der Waals surface area contributed by atoms with Crippen molar-refractivity contribution < 1.29 is 29.6 Å². The van der Waals surface area contributed by atoms with E-state index in [-0.39, 0.29) is 39.5 Å². The van der Waals surface area contributed by atoms with Gasteiger partial charge in [-0.2, -0.15) is 0 Å². The predicted molar refractivity (Wildman–Crippen MR) is 139 cm³/mol. The van der Waals surface area contributed by atoms with E-state index in [0.717, 1.165) is 51.4 Å². The van der Waals surface area contributed by atoms with Gasteiger partial charge >= 0.3 is 5.97 Å². The van der Waals surface area contributed by atoms with Crippen LogP contribution in [0.1, 0.15) is 99.3 Å². The number of carbonyl (C=O) groups excluding carboxylic acids is 1. The summed E-state index contributed by atoms with van der Waals surface area (Å²) in [6.45, 7) is 14.3. The van der Waals surface area contributed by atoms with Crippen molar-refractivity contribution in [1.82, 2.24) is 0 Å². The smallest absolute Gasteiger partial charge is 0.311 e. The molecular formula is C31H50O6. The van der Waals surface area contributed by atoms with Crippen LogP contribution >= 0.6 is 0 Å². The largest absolute Gasteiger partial charge is 0.469 e. The third-order valence-electron chi connectivity index (χ3n) is 14.9. The molecule has 3 N–H and O–H groups in total. The second-order valence-corrected chi connectivity index (χ2v) is 15.8. The van der Waals surface area contributed by atoms with Gasteiger partial charge in [-0.25, -0.2) is 0 Å². The summed E-state index contributed by atoms with van der Waals surface area (Å²) >= 11 is 0. The Bertz CT molecular complexity index is 1000. The zero-order valence-corrected chi connectivity index (χ0v) is 24.1. The van der Waals surface area contributed by atoms with Gasteiger partial charge in [0.25, 0.3) is 0 Å². The van der Waals surface area contributed by atoms with Crippen molar-refractivity contribution in [2.24, 2.45) is 56.2 Å². The zero-order chi connectivity index (χ0) is 27.0. The lowest BCUT2D eigenvalue weighted by Gasteiger charge is -2.75. The van der Waals surface area contributed by atoms with Crippen molar-refractivity contribution >= 4 is 5.97 Å². The minimum atomic E-state index is -1.55. The van der Waals surface area contributed by atoms with Gasteiger partial charge in [-0.3, -0.25) is 4.79 Å². The maximum atomic E-state index is 12.9. The molecule has 0 radical (unpaired) electrons. The summed E-state index contributed by atoms with van der Waals surface area (Å²) in [5.74, 6) is -1.10. The first-order chi connectivity index (χ1) is 17.1. The molecule has 0 aromatic heterocycles. The minimum absolute atomic E-state index is 0.0164. The maximum absolute atomic E-state index is 12.9. The van der Waals surface area contributed by atoms with E-state index in [4.69, 9.17) is 9.47 Å². The van der Waals surface area contributed by atoms with E-state index < -0.39 is 28.8 Å². The topological polar surface area (TPSA) is 96.2 Å². The lowest BCUT2D eigenvalue weighted by atomic mass is 9.29. The van der Waals surface area contributed by atoms with E-state index in [1.54, 1.807) is 0 Å². The Labute approximate surface area is 222 Å². The molecule has 5 aliphatic carbocycles. The van der Waals surface area contributed by atoms with Crippen molar-refractivity contribution in [3.63, 3.8) is 0 Å². The van der Waals surface area contributed by atoms with E-state index in [2.05, 4.69) is 34.6 Å². The number of hydrogen-bond acceptors (Lipinski definition) is 6. The van der Waals surface area contributed by atoms with Crippen LogP contribution in [0.25, 0.3) is 0 Å². The normalized spacial score (nSPS) is 62.5. The second kappa shape index (κ2) is 7.53. The van der Waals surface area contributed by atoms with Gasteiger partial charge in [0.15, 0.2) is 5.79 Å². The molecule has 0 amide bonds. The standard InChI is InChI=1S/C31H50O6/c1-18-30-17-37-31(18,35)23(33)15-20(30)27(4)11-13-29(6)21-16-26(3,24(34)36-7)9-8-25(21,2)10-12-28(29,5)19(27)14-22(30)32/h18-23,32-33,35H,8-17H2,1-7H3/t18-,19+,20+,21-,22-,23-,25-,26-,27-,28-,29+,30-,31-/m1/s1. The van der Waals surface area contributed by atoms with E-state index >= 15 is 0 Å². The molecule has 0 unspecified atom stereocenters. The first kappa shape index (κ1) is 26.5. The molecule has 210 valence electrons. The predicted octanol–water partition coefficient (Wildman–Crippen LogP) is 4.68. The van der Waals surface area contributed by atoms with Crippen LogP contribution < -0.4 is 0 Å². The molecule has 37 heavy (non-hydrogen) atoms. The van der Waals surface area contributed by atoms with Gasteiger partial charge in [-0.15, -0.1) is 0 Å². The van der Waals surface area contributed by atoms with Crippen molar-refractivity contribution in [2.75, 3.05) is 13.7 Å². The fourth-order valence-corrected chi connectivity index (χ4v) is 12.1. The molecule has 6 heteroatoms. The summed E-state index contributed by atoms with van der Waals surface area (Å²) < 4.78 is 11.2. The third-order valence-corrected chi connectivity index (χ3v) is 14.9. The highest BCUT2D eigenvalue weighted by molar-refractivity contribution is 5.76. The molecule has 13 atom stereocenters. The number of methoxy groups -OCH3 is 1. The van der Waals surface area contributed by atoms with Crippen LogP contribution in [0.5, 0.6) is 0 Å². The van der Waals surface area contributed by atoms with Gasteiger partial charge in [-0.1, -0.05) is 34.6 Å². The molecule has 1 saturated heterocycles. The van der Waals surface area contributed by atoms with E-state index in [0.29, 0.717) is 24.9 Å². The number of ether oxygens (including phenoxy) is 2. The number of fused-ring (bicyclic) bond motifs is 7. The Kier molecular flexibility index (Phi) is 5.40. The molecule has 6 fully saturated rings. The average molecular weight is 519 g/mol. The molecule has 1 spiro atoms. The zero-order valence-electron chi connectivity index (χ0n) is 24.1. The number of aliphatic hydroxyl groups is 3. The van der Waals surface area contributed by atoms with Crippen LogP contribution in [0.3, 0.4) is 0 Å². The van der Waals surface area contributed by atoms with Crippen molar-refractivity contribution in [1.29, 1.82) is 0 Å². The summed E-state index contributed by atoms with van der Waals surface area (Å²) in [6.07, 6.45) is 6.96. The first-order valence-corrected chi connectivity index (χ1v) is 14.9. The molecule has 5 saturated carbocycles. The lowest BCUT2D eigenvalue weighted by Crippen LogP contribution is -2.72.